The van der Waals surface area contributed by atoms with Crippen LogP contribution in [0, 0.1) is 11.8 Å². The Hall–Kier alpha value is -0.0800. The third-order valence-corrected chi connectivity index (χ3v) is 2.71. The Morgan fingerprint density at radius 1 is 1.00 bits per heavy atom. The number of rotatable bonds is 2. The van der Waals surface area contributed by atoms with Gasteiger partial charge in [0.25, 0.3) is 0 Å². The molecule has 1 rings (SSSR count). The first-order valence-electron chi connectivity index (χ1n) is 4.45. The molecular formula is C8H20N2+2. The van der Waals surface area contributed by atoms with Crippen LogP contribution < -0.4 is 11.5 Å². The van der Waals surface area contributed by atoms with E-state index in [9.17, 15) is 0 Å². The molecule has 1 fully saturated rings. The highest BCUT2D eigenvalue weighted by atomic mass is 14.6. The van der Waals surface area contributed by atoms with E-state index in [2.05, 4.69) is 11.5 Å². The van der Waals surface area contributed by atoms with Crippen molar-refractivity contribution in [2.45, 2.75) is 25.7 Å². The van der Waals surface area contributed by atoms with Crippen molar-refractivity contribution in [3.63, 3.8) is 0 Å². The van der Waals surface area contributed by atoms with Crippen molar-refractivity contribution in [1.29, 1.82) is 0 Å². The maximum absolute atomic E-state index is 3.96. The zero-order valence-corrected chi connectivity index (χ0v) is 6.81. The average molecular weight is 144 g/mol. The molecule has 1 saturated carbocycles. The van der Waals surface area contributed by atoms with E-state index < -0.39 is 0 Å². The molecule has 10 heavy (non-hydrogen) atoms. The molecule has 2 heteroatoms. The van der Waals surface area contributed by atoms with Gasteiger partial charge in [0.2, 0.25) is 0 Å². The molecule has 6 N–H and O–H groups in total. The summed E-state index contributed by atoms with van der Waals surface area (Å²) in [6.45, 7) is 2.27. The van der Waals surface area contributed by atoms with Crippen LogP contribution in [0.5, 0.6) is 0 Å². The second kappa shape index (κ2) is 3.94. The largest absolute Gasteiger partial charge is 0.357 e. The second-order valence-electron chi connectivity index (χ2n) is 3.48. The van der Waals surface area contributed by atoms with Crippen molar-refractivity contribution in [2.75, 3.05) is 13.1 Å². The average Bonchev–Trinajstić information content (AvgIpc) is 2.05. The molecule has 0 aliphatic heterocycles. The van der Waals surface area contributed by atoms with Crippen molar-refractivity contribution in [1.82, 2.24) is 0 Å². The van der Waals surface area contributed by atoms with Crippen LogP contribution in [0.1, 0.15) is 25.7 Å². The molecule has 0 aromatic heterocycles. The van der Waals surface area contributed by atoms with E-state index in [-0.39, 0.29) is 0 Å². The summed E-state index contributed by atoms with van der Waals surface area (Å²) in [5, 5.41) is 0. The quantitative estimate of drug-likeness (QED) is 0.514. The minimum atomic E-state index is 0.917. The molecule has 2 atom stereocenters. The molecule has 60 valence electrons. The lowest BCUT2D eigenvalue weighted by molar-refractivity contribution is -0.391. The van der Waals surface area contributed by atoms with Crippen LogP contribution in [-0.4, -0.2) is 13.1 Å². The van der Waals surface area contributed by atoms with Crippen LogP contribution in [0.4, 0.5) is 0 Å². The summed E-state index contributed by atoms with van der Waals surface area (Å²) in [6, 6.07) is 0. The van der Waals surface area contributed by atoms with Gasteiger partial charge < -0.3 is 11.5 Å². The normalized spacial score (nSPS) is 34.2. The molecule has 1 aliphatic rings. The molecule has 0 amide bonds. The first-order valence-corrected chi connectivity index (χ1v) is 4.45. The molecule has 0 radical (unpaired) electrons. The Morgan fingerprint density at radius 2 is 1.50 bits per heavy atom. The van der Waals surface area contributed by atoms with Crippen LogP contribution in [0.2, 0.25) is 0 Å². The van der Waals surface area contributed by atoms with Crippen LogP contribution in [0.15, 0.2) is 0 Å². The minimum Gasteiger partial charge on any atom is -0.357 e. The molecule has 0 heterocycles. The zero-order chi connectivity index (χ0) is 7.40. The van der Waals surface area contributed by atoms with Crippen molar-refractivity contribution in [2.24, 2.45) is 11.8 Å². The van der Waals surface area contributed by atoms with E-state index in [0.29, 0.717) is 0 Å². The predicted octanol–water partition coefficient (Wildman–Crippen LogP) is -0.723. The number of hydrogen-bond donors (Lipinski definition) is 2. The lowest BCUT2D eigenvalue weighted by Crippen LogP contribution is -2.57. The molecule has 1 aliphatic carbocycles. The highest BCUT2D eigenvalue weighted by Gasteiger charge is 2.21. The summed E-state index contributed by atoms with van der Waals surface area (Å²) >= 11 is 0. The molecule has 0 aromatic rings. The van der Waals surface area contributed by atoms with Crippen LogP contribution >= 0.6 is 0 Å². The van der Waals surface area contributed by atoms with Gasteiger partial charge in [-0.2, -0.15) is 0 Å². The van der Waals surface area contributed by atoms with Crippen molar-refractivity contribution in [3.8, 4) is 0 Å². The predicted molar refractivity (Wildman–Crippen MR) is 41.0 cm³/mol. The molecule has 0 unspecified atom stereocenters. The monoisotopic (exact) mass is 144 g/mol. The van der Waals surface area contributed by atoms with Gasteiger partial charge in [-0.15, -0.1) is 0 Å². The molecule has 2 nitrogen and oxygen atoms in total. The summed E-state index contributed by atoms with van der Waals surface area (Å²) in [7, 11) is 0. The lowest BCUT2D eigenvalue weighted by Gasteiger charge is -2.24. The maximum atomic E-state index is 3.96. The smallest absolute Gasteiger partial charge is 0.0768 e. The highest BCUT2D eigenvalue weighted by molar-refractivity contribution is 4.70. The third kappa shape index (κ3) is 1.96. The zero-order valence-electron chi connectivity index (χ0n) is 6.81. The van der Waals surface area contributed by atoms with Gasteiger partial charge >= 0.3 is 0 Å². The summed E-state index contributed by atoms with van der Waals surface area (Å²) in [5.74, 6) is 1.83. The van der Waals surface area contributed by atoms with Gasteiger partial charge in [-0.3, -0.25) is 0 Å². The summed E-state index contributed by atoms with van der Waals surface area (Å²) in [6.07, 6.45) is 5.65. The number of hydrogen-bond acceptors (Lipinski definition) is 0. The van der Waals surface area contributed by atoms with E-state index in [0.717, 1.165) is 24.9 Å². The first-order chi connectivity index (χ1) is 4.86. The van der Waals surface area contributed by atoms with Crippen molar-refractivity contribution < 1.29 is 11.5 Å². The maximum Gasteiger partial charge on any atom is 0.0768 e. The minimum absolute atomic E-state index is 0.917. The van der Waals surface area contributed by atoms with Crippen LogP contribution in [0.25, 0.3) is 0 Å². The lowest BCUT2D eigenvalue weighted by atomic mass is 9.81. The Morgan fingerprint density at radius 3 is 1.90 bits per heavy atom. The molecule has 0 spiro atoms. The van der Waals surface area contributed by atoms with Gasteiger partial charge in [-0.25, -0.2) is 0 Å². The Bertz CT molecular complexity index is 83.3. The molecule has 0 saturated heterocycles. The fraction of sp³-hybridized carbons (Fsp3) is 1.00. The van der Waals surface area contributed by atoms with Gasteiger partial charge in [-0.1, -0.05) is 6.42 Å². The molecular weight excluding hydrogens is 124 g/mol. The van der Waals surface area contributed by atoms with E-state index in [1.165, 1.54) is 25.7 Å². The fourth-order valence-corrected chi connectivity index (χ4v) is 1.93. The van der Waals surface area contributed by atoms with Gasteiger partial charge in [0.05, 0.1) is 13.1 Å². The van der Waals surface area contributed by atoms with E-state index in [1.54, 1.807) is 0 Å². The number of quaternary nitrogens is 2. The summed E-state index contributed by atoms with van der Waals surface area (Å²) in [5.41, 5.74) is 7.92. The summed E-state index contributed by atoms with van der Waals surface area (Å²) < 4.78 is 0. The van der Waals surface area contributed by atoms with Crippen LogP contribution in [0.3, 0.4) is 0 Å². The first kappa shape index (κ1) is 8.02. The van der Waals surface area contributed by atoms with Crippen molar-refractivity contribution >= 4 is 0 Å². The van der Waals surface area contributed by atoms with Gasteiger partial charge in [-0.05, 0) is 19.3 Å². The SMILES string of the molecule is [NH3+]C[C@@H]1CCC[C@H](C[NH3+])C1. The van der Waals surface area contributed by atoms with E-state index >= 15 is 0 Å². The van der Waals surface area contributed by atoms with Gasteiger partial charge in [0, 0.05) is 11.8 Å². The topological polar surface area (TPSA) is 55.3 Å². The van der Waals surface area contributed by atoms with E-state index in [1.807, 2.05) is 0 Å². The van der Waals surface area contributed by atoms with E-state index in [4.69, 9.17) is 0 Å². The summed E-state index contributed by atoms with van der Waals surface area (Å²) in [4.78, 5) is 0. The Labute approximate surface area is 63.0 Å². The second-order valence-corrected chi connectivity index (χ2v) is 3.48. The highest BCUT2D eigenvalue weighted by Crippen LogP contribution is 2.26. The molecule has 0 aromatic carbocycles. The van der Waals surface area contributed by atoms with Crippen LogP contribution in [-0.2, 0) is 0 Å². The van der Waals surface area contributed by atoms with Gasteiger partial charge in [0.15, 0.2) is 0 Å². The Kier molecular flexibility index (Phi) is 3.16. The third-order valence-electron chi connectivity index (χ3n) is 2.71. The van der Waals surface area contributed by atoms with Gasteiger partial charge in [0.1, 0.15) is 0 Å². The Balaban J connectivity index is 2.25. The fourth-order valence-electron chi connectivity index (χ4n) is 1.93. The molecule has 0 bridgehead atoms. The standard InChI is InChI=1S/C8H18N2/c9-5-7-2-1-3-8(4-7)6-10/h7-8H,1-6,9-10H2/p+2/t7-,8+. The van der Waals surface area contributed by atoms with Crippen molar-refractivity contribution in [3.05, 3.63) is 0 Å².